The van der Waals surface area contributed by atoms with E-state index in [1.165, 1.54) is 5.69 Å². The molecule has 1 aromatic heterocycles. The summed E-state index contributed by atoms with van der Waals surface area (Å²) in [6, 6.07) is 6.64. The SMILES string of the molecule is CCNC(CCN(C)C)Cc1ccccn1. The molecule has 1 heterocycles. The standard InChI is InChI=1S/C13H23N3/c1-4-14-13(8-10-16(2)3)11-12-7-5-6-9-15-12/h5-7,9,13-14H,4,8,10-11H2,1-3H3. The third kappa shape index (κ3) is 5.24. The Morgan fingerprint density at radius 3 is 2.75 bits per heavy atom. The highest BCUT2D eigenvalue weighted by Crippen LogP contribution is 2.03. The topological polar surface area (TPSA) is 28.2 Å². The fourth-order valence-electron chi connectivity index (χ4n) is 1.75. The van der Waals surface area contributed by atoms with E-state index < -0.39 is 0 Å². The summed E-state index contributed by atoms with van der Waals surface area (Å²) in [5.41, 5.74) is 1.17. The molecule has 3 heteroatoms. The van der Waals surface area contributed by atoms with E-state index in [4.69, 9.17) is 0 Å². The van der Waals surface area contributed by atoms with Gasteiger partial charge in [-0.15, -0.1) is 0 Å². The van der Waals surface area contributed by atoms with Crippen LogP contribution < -0.4 is 5.32 Å². The Balaban J connectivity index is 2.44. The maximum Gasteiger partial charge on any atom is 0.0419 e. The molecule has 0 aliphatic rings. The van der Waals surface area contributed by atoms with Gasteiger partial charge in [-0.1, -0.05) is 13.0 Å². The summed E-state index contributed by atoms with van der Waals surface area (Å²) in [5.74, 6) is 0. The lowest BCUT2D eigenvalue weighted by atomic mass is 10.1. The van der Waals surface area contributed by atoms with E-state index in [1.54, 1.807) is 0 Å². The summed E-state index contributed by atoms with van der Waals surface area (Å²) in [5, 5.41) is 3.52. The smallest absolute Gasteiger partial charge is 0.0419 e. The van der Waals surface area contributed by atoms with E-state index in [2.05, 4.69) is 48.4 Å². The molecule has 16 heavy (non-hydrogen) atoms. The Kier molecular flexibility index (Phi) is 6.04. The molecule has 0 aliphatic carbocycles. The highest BCUT2D eigenvalue weighted by molar-refractivity contribution is 5.05. The third-order valence-corrected chi connectivity index (χ3v) is 2.60. The van der Waals surface area contributed by atoms with E-state index in [9.17, 15) is 0 Å². The van der Waals surface area contributed by atoms with Crippen molar-refractivity contribution in [3.05, 3.63) is 30.1 Å². The molecule has 90 valence electrons. The van der Waals surface area contributed by atoms with Gasteiger partial charge in [0.15, 0.2) is 0 Å². The Bertz CT molecular complexity index is 272. The fraction of sp³-hybridized carbons (Fsp3) is 0.615. The molecular weight excluding hydrogens is 198 g/mol. The number of aromatic nitrogens is 1. The first-order valence-corrected chi connectivity index (χ1v) is 6.00. The van der Waals surface area contributed by atoms with Crippen LogP contribution in [0.2, 0.25) is 0 Å². The van der Waals surface area contributed by atoms with Crippen molar-refractivity contribution >= 4 is 0 Å². The van der Waals surface area contributed by atoms with Gasteiger partial charge >= 0.3 is 0 Å². The van der Waals surface area contributed by atoms with E-state index in [0.29, 0.717) is 6.04 Å². The second-order valence-electron chi connectivity index (χ2n) is 4.37. The maximum absolute atomic E-state index is 4.37. The van der Waals surface area contributed by atoms with Crippen molar-refractivity contribution < 1.29 is 0 Å². The number of nitrogens with zero attached hydrogens (tertiary/aromatic N) is 2. The summed E-state index contributed by atoms with van der Waals surface area (Å²) in [6.07, 6.45) is 4.05. The minimum atomic E-state index is 0.530. The lowest BCUT2D eigenvalue weighted by Crippen LogP contribution is -2.34. The molecule has 0 fully saturated rings. The average molecular weight is 221 g/mol. The first-order valence-electron chi connectivity index (χ1n) is 6.00. The number of rotatable bonds is 7. The van der Waals surface area contributed by atoms with Crippen molar-refractivity contribution in [2.24, 2.45) is 0 Å². The van der Waals surface area contributed by atoms with Crippen LogP contribution in [0.5, 0.6) is 0 Å². The highest BCUT2D eigenvalue weighted by Gasteiger charge is 2.09. The van der Waals surface area contributed by atoms with E-state index in [0.717, 1.165) is 25.9 Å². The first kappa shape index (κ1) is 13.1. The quantitative estimate of drug-likeness (QED) is 0.757. The zero-order valence-electron chi connectivity index (χ0n) is 10.6. The maximum atomic E-state index is 4.37. The molecule has 0 saturated heterocycles. The zero-order valence-corrected chi connectivity index (χ0v) is 10.6. The van der Waals surface area contributed by atoms with Crippen molar-refractivity contribution in [1.29, 1.82) is 0 Å². The highest BCUT2D eigenvalue weighted by atomic mass is 15.1. The Hall–Kier alpha value is -0.930. The van der Waals surface area contributed by atoms with Crippen LogP contribution >= 0.6 is 0 Å². The van der Waals surface area contributed by atoms with Crippen LogP contribution in [0.4, 0.5) is 0 Å². The van der Waals surface area contributed by atoms with Gasteiger partial charge in [-0.05, 0) is 45.7 Å². The number of hydrogen-bond donors (Lipinski definition) is 1. The zero-order chi connectivity index (χ0) is 11.8. The summed E-state index contributed by atoms with van der Waals surface area (Å²) >= 11 is 0. The van der Waals surface area contributed by atoms with Crippen molar-refractivity contribution in [3.63, 3.8) is 0 Å². The van der Waals surface area contributed by atoms with Gasteiger partial charge in [0.05, 0.1) is 0 Å². The van der Waals surface area contributed by atoms with Gasteiger partial charge in [-0.2, -0.15) is 0 Å². The number of nitrogens with one attached hydrogen (secondary N) is 1. The molecule has 3 nitrogen and oxygen atoms in total. The van der Waals surface area contributed by atoms with Crippen LogP contribution in [0.15, 0.2) is 24.4 Å². The van der Waals surface area contributed by atoms with Crippen LogP contribution in [-0.4, -0.2) is 43.1 Å². The minimum Gasteiger partial charge on any atom is -0.314 e. The van der Waals surface area contributed by atoms with Gasteiger partial charge in [0, 0.05) is 24.4 Å². The molecule has 1 atom stereocenters. The molecule has 0 aliphatic heterocycles. The molecule has 0 bridgehead atoms. The number of hydrogen-bond acceptors (Lipinski definition) is 3. The normalized spacial score (nSPS) is 13.0. The molecule has 1 rings (SSSR count). The average Bonchev–Trinajstić information content (AvgIpc) is 2.27. The van der Waals surface area contributed by atoms with Crippen molar-refractivity contribution in [1.82, 2.24) is 15.2 Å². The van der Waals surface area contributed by atoms with Gasteiger partial charge < -0.3 is 10.2 Å². The van der Waals surface area contributed by atoms with Crippen LogP contribution in [0.3, 0.4) is 0 Å². The Labute approximate surface area is 98.9 Å². The summed E-state index contributed by atoms with van der Waals surface area (Å²) in [4.78, 5) is 6.60. The van der Waals surface area contributed by atoms with Crippen molar-refractivity contribution in [2.45, 2.75) is 25.8 Å². The van der Waals surface area contributed by atoms with Crippen molar-refractivity contribution in [2.75, 3.05) is 27.2 Å². The van der Waals surface area contributed by atoms with Gasteiger partial charge in [0.25, 0.3) is 0 Å². The molecule has 0 saturated carbocycles. The largest absolute Gasteiger partial charge is 0.314 e. The Morgan fingerprint density at radius 1 is 1.38 bits per heavy atom. The number of likely N-dealkylation sites (N-methyl/N-ethyl adjacent to an activating group) is 1. The van der Waals surface area contributed by atoms with Gasteiger partial charge in [0.2, 0.25) is 0 Å². The Morgan fingerprint density at radius 2 is 2.19 bits per heavy atom. The predicted octanol–water partition coefficient (Wildman–Crippen LogP) is 1.55. The van der Waals surface area contributed by atoms with E-state index in [-0.39, 0.29) is 0 Å². The molecule has 0 amide bonds. The summed E-state index contributed by atoms with van der Waals surface area (Å²) in [6.45, 7) is 4.29. The molecule has 0 spiro atoms. The van der Waals surface area contributed by atoms with Crippen LogP contribution in [-0.2, 0) is 6.42 Å². The second-order valence-corrected chi connectivity index (χ2v) is 4.37. The molecule has 1 unspecified atom stereocenters. The van der Waals surface area contributed by atoms with Crippen molar-refractivity contribution in [3.8, 4) is 0 Å². The lowest BCUT2D eigenvalue weighted by Gasteiger charge is -2.19. The minimum absolute atomic E-state index is 0.530. The molecular formula is C13H23N3. The van der Waals surface area contributed by atoms with Crippen LogP contribution in [0.25, 0.3) is 0 Å². The summed E-state index contributed by atoms with van der Waals surface area (Å²) in [7, 11) is 4.23. The molecule has 1 N–H and O–H groups in total. The fourth-order valence-corrected chi connectivity index (χ4v) is 1.75. The predicted molar refractivity (Wildman–Crippen MR) is 68.6 cm³/mol. The van der Waals surface area contributed by atoms with E-state index in [1.807, 2.05) is 12.3 Å². The van der Waals surface area contributed by atoms with Crippen LogP contribution in [0.1, 0.15) is 19.0 Å². The summed E-state index contributed by atoms with van der Waals surface area (Å²) < 4.78 is 0. The van der Waals surface area contributed by atoms with Gasteiger partial charge in [-0.3, -0.25) is 4.98 Å². The van der Waals surface area contributed by atoms with E-state index >= 15 is 0 Å². The lowest BCUT2D eigenvalue weighted by molar-refractivity contribution is 0.357. The first-order chi connectivity index (χ1) is 7.72. The number of pyridine rings is 1. The van der Waals surface area contributed by atoms with Gasteiger partial charge in [0.1, 0.15) is 0 Å². The third-order valence-electron chi connectivity index (χ3n) is 2.60. The monoisotopic (exact) mass is 221 g/mol. The molecule has 0 aromatic carbocycles. The van der Waals surface area contributed by atoms with Gasteiger partial charge in [-0.25, -0.2) is 0 Å². The molecule has 0 radical (unpaired) electrons. The molecule has 1 aromatic rings. The van der Waals surface area contributed by atoms with Crippen LogP contribution in [0, 0.1) is 0 Å². The second kappa shape index (κ2) is 7.36.